The number of nitrogens with two attached hydrogens (primary N) is 1. The van der Waals surface area contributed by atoms with Crippen LogP contribution >= 0.6 is 0 Å². The summed E-state index contributed by atoms with van der Waals surface area (Å²) in [6.45, 7) is 3.93. The Kier molecular flexibility index (Phi) is 5.34. The molecule has 1 aromatic carbocycles. The highest BCUT2D eigenvalue weighted by Gasteiger charge is 2.13. The van der Waals surface area contributed by atoms with Crippen LogP contribution in [0, 0.1) is 10.1 Å². The molecule has 100 valence electrons. The maximum absolute atomic E-state index is 10.8. The predicted octanol–water partition coefficient (Wildman–Crippen LogP) is 1.35. The van der Waals surface area contributed by atoms with Gasteiger partial charge in [0.25, 0.3) is 5.69 Å². The molecule has 18 heavy (non-hydrogen) atoms. The number of benzene rings is 1. The summed E-state index contributed by atoms with van der Waals surface area (Å²) in [6.07, 6.45) is 0. The van der Waals surface area contributed by atoms with Gasteiger partial charge in [0.1, 0.15) is 0 Å². The van der Waals surface area contributed by atoms with E-state index in [2.05, 4.69) is 5.43 Å². The number of anilines is 2. The Balaban J connectivity index is 3.04. The van der Waals surface area contributed by atoms with E-state index in [4.69, 9.17) is 10.6 Å². The van der Waals surface area contributed by atoms with Gasteiger partial charge in [-0.3, -0.25) is 16.0 Å². The zero-order chi connectivity index (χ0) is 13.5. The van der Waals surface area contributed by atoms with Crippen LogP contribution in [-0.2, 0) is 4.74 Å². The fourth-order valence-corrected chi connectivity index (χ4v) is 1.64. The van der Waals surface area contributed by atoms with Crippen molar-refractivity contribution in [1.29, 1.82) is 0 Å². The van der Waals surface area contributed by atoms with Crippen molar-refractivity contribution in [1.82, 2.24) is 0 Å². The standard InChI is InChI=1S/C11H18N4O3/c1-3-14(4-5-18-2)10-6-9(13-12)7-11(8-10)15(16)17/h6-8,13H,3-5,12H2,1-2H3. The zero-order valence-electron chi connectivity index (χ0n) is 10.5. The van der Waals surface area contributed by atoms with Crippen molar-refractivity contribution in [2.45, 2.75) is 6.92 Å². The second-order valence-corrected chi connectivity index (χ2v) is 3.71. The molecule has 0 saturated carbocycles. The molecule has 0 radical (unpaired) electrons. The van der Waals surface area contributed by atoms with Crippen molar-refractivity contribution in [3.63, 3.8) is 0 Å². The van der Waals surface area contributed by atoms with Gasteiger partial charge in [0.2, 0.25) is 0 Å². The Morgan fingerprint density at radius 2 is 2.22 bits per heavy atom. The number of hydrazine groups is 1. The number of ether oxygens (including phenoxy) is 1. The summed E-state index contributed by atoms with van der Waals surface area (Å²) in [5.74, 6) is 5.31. The number of non-ortho nitro benzene ring substituents is 1. The molecule has 0 aliphatic carbocycles. The molecule has 1 rings (SSSR count). The first-order chi connectivity index (χ1) is 8.62. The van der Waals surface area contributed by atoms with Crippen LogP contribution in [0.4, 0.5) is 17.1 Å². The highest BCUT2D eigenvalue weighted by molar-refractivity contribution is 5.64. The van der Waals surface area contributed by atoms with Gasteiger partial charge >= 0.3 is 0 Å². The molecule has 0 fully saturated rings. The van der Waals surface area contributed by atoms with E-state index in [1.165, 1.54) is 12.1 Å². The number of rotatable bonds is 7. The fourth-order valence-electron chi connectivity index (χ4n) is 1.64. The lowest BCUT2D eigenvalue weighted by Gasteiger charge is -2.23. The number of nitro groups is 1. The summed E-state index contributed by atoms with van der Waals surface area (Å²) in [7, 11) is 1.62. The molecule has 0 atom stereocenters. The number of nitro benzene ring substituents is 1. The maximum atomic E-state index is 10.8. The minimum atomic E-state index is -0.436. The summed E-state index contributed by atoms with van der Waals surface area (Å²) < 4.78 is 5.01. The molecule has 1 aromatic rings. The van der Waals surface area contributed by atoms with Gasteiger partial charge in [0.05, 0.1) is 17.2 Å². The summed E-state index contributed by atoms with van der Waals surface area (Å²) >= 11 is 0. The Bertz CT molecular complexity index is 411. The lowest BCUT2D eigenvalue weighted by Crippen LogP contribution is -2.27. The van der Waals surface area contributed by atoms with Crippen LogP contribution in [0.2, 0.25) is 0 Å². The monoisotopic (exact) mass is 254 g/mol. The molecule has 0 saturated heterocycles. The number of nitrogens with one attached hydrogen (secondary N) is 1. The molecule has 0 heterocycles. The Morgan fingerprint density at radius 1 is 1.50 bits per heavy atom. The van der Waals surface area contributed by atoms with Gasteiger partial charge in [-0.2, -0.15) is 0 Å². The lowest BCUT2D eigenvalue weighted by molar-refractivity contribution is -0.384. The normalized spacial score (nSPS) is 10.2. The minimum absolute atomic E-state index is 0.0105. The minimum Gasteiger partial charge on any atom is -0.383 e. The largest absolute Gasteiger partial charge is 0.383 e. The number of nitrogen functional groups attached to an aromatic ring is 1. The van der Waals surface area contributed by atoms with E-state index < -0.39 is 4.92 Å². The van der Waals surface area contributed by atoms with Gasteiger partial charge in [-0.15, -0.1) is 0 Å². The third-order valence-corrected chi connectivity index (χ3v) is 2.59. The highest BCUT2D eigenvalue weighted by atomic mass is 16.6. The van der Waals surface area contributed by atoms with Gasteiger partial charge in [-0.25, -0.2) is 0 Å². The third kappa shape index (κ3) is 3.57. The van der Waals surface area contributed by atoms with Crippen LogP contribution in [0.15, 0.2) is 18.2 Å². The van der Waals surface area contributed by atoms with Crippen LogP contribution in [0.3, 0.4) is 0 Å². The number of hydrogen-bond acceptors (Lipinski definition) is 6. The molecule has 0 aromatic heterocycles. The summed E-state index contributed by atoms with van der Waals surface area (Å²) in [4.78, 5) is 12.4. The number of hydrogen-bond donors (Lipinski definition) is 2. The van der Waals surface area contributed by atoms with Crippen LogP contribution in [0.5, 0.6) is 0 Å². The van der Waals surface area contributed by atoms with Gasteiger partial charge in [0, 0.05) is 38.0 Å². The van der Waals surface area contributed by atoms with Crippen molar-refractivity contribution in [2.24, 2.45) is 5.84 Å². The molecule has 3 N–H and O–H groups in total. The predicted molar refractivity (Wildman–Crippen MR) is 70.7 cm³/mol. The van der Waals surface area contributed by atoms with Gasteiger partial charge in [0.15, 0.2) is 0 Å². The van der Waals surface area contributed by atoms with Gasteiger partial charge < -0.3 is 15.1 Å². The second-order valence-electron chi connectivity index (χ2n) is 3.71. The van der Waals surface area contributed by atoms with Crippen LogP contribution in [0.25, 0.3) is 0 Å². The number of likely N-dealkylation sites (N-methyl/N-ethyl adjacent to an activating group) is 1. The van der Waals surface area contributed by atoms with Crippen molar-refractivity contribution in [2.75, 3.05) is 37.1 Å². The van der Waals surface area contributed by atoms with Crippen molar-refractivity contribution >= 4 is 17.1 Å². The van der Waals surface area contributed by atoms with E-state index in [-0.39, 0.29) is 5.69 Å². The van der Waals surface area contributed by atoms with E-state index in [9.17, 15) is 10.1 Å². The van der Waals surface area contributed by atoms with E-state index in [1.54, 1.807) is 13.2 Å². The number of methoxy groups -OCH3 is 1. The Hall–Kier alpha value is -1.86. The summed E-state index contributed by atoms with van der Waals surface area (Å²) in [6, 6.07) is 4.69. The fraction of sp³-hybridized carbons (Fsp3) is 0.455. The summed E-state index contributed by atoms with van der Waals surface area (Å²) in [5, 5.41) is 10.8. The quantitative estimate of drug-likeness (QED) is 0.433. The zero-order valence-corrected chi connectivity index (χ0v) is 10.5. The molecule has 7 heteroatoms. The molecule has 0 unspecified atom stereocenters. The maximum Gasteiger partial charge on any atom is 0.273 e. The molecule has 0 bridgehead atoms. The molecule has 0 amide bonds. The van der Waals surface area contributed by atoms with E-state index in [0.717, 1.165) is 12.2 Å². The first-order valence-corrected chi connectivity index (χ1v) is 5.62. The second kappa shape index (κ2) is 6.77. The third-order valence-electron chi connectivity index (χ3n) is 2.59. The van der Waals surface area contributed by atoms with Gasteiger partial charge in [-0.1, -0.05) is 0 Å². The molecule has 0 aliphatic heterocycles. The molecule has 0 spiro atoms. The van der Waals surface area contributed by atoms with Crippen LogP contribution in [-0.4, -0.2) is 31.7 Å². The van der Waals surface area contributed by atoms with Crippen LogP contribution < -0.4 is 16.2 Å². The lowest BCUT2D eigenvalue weighted by atomic mass is 10.2. The number of nitrogens with zero attached hydrogens (tertiary/aromatic N) is 2. The van der Waals surface area contributed by atoms with Crippen molar-refractivity contribution in [3.05, 3.63) is 28.3 Å². The Labute approximate surface area is 106 Å². The Morgan fingerprint density at radius 3 is 2.72 bits per heavy atom. The highest BCUT2D eigenvalue weighted by Crippen LogP contribution is 2.26. The van der Waals surface area contributed by atoms with Crippen molar-refractivity contribution < 1.29 is 9.66 Å². The average molecular weight is 254 g/mol. The van der Waals surface area contributed by atoms with E-state index in [0.29, 0.717) is 18.8 Å². The van der Waals surface area contributed by atoms with E-state index in [1.807, 2.05) is 11.8 Å². The smallest absolute Gasteiger partial charge is 0.273 e. The molecule has 0 aliphatic rings. The van der Waals surface area contributed by atoms with Crippen LogP contribution in [0.1, 0.15) is 6.92 Å². The van der Waals surface area contributed by atoms with E-state index >= 15 is 0 Å². The SMILES string of the molecule is CCN(CCOC)c1cc(NN)cc([N+](=O)[O-])c1. The van der Waals surface area contributed by atoms with Gasteiger partial charge in [-0.05, 0) is 13.0 Å². The molecular formula is C11H18N4O3. The first-order valence-electron chi connectivity index (χ1n) is 5.62. The molecule has 7 nitrogen and oxygen atoms in total. The first kappa shape index (κ1) is 14.2. The molecular weight excluding hydrogens is 236 g/mol. The summed E-state index contributed by atoms with van der Waals surface area (Å²) in [5.41, 5.74) is 3.70. The average Bonchev–Trinajstić information content (AvgIpc) is 2.39. The van der Waals surface area contributed by atoms with Crippen molar-refractivity contribution in [3.8, 4) is 0 Å². The topological polar surface area (TPSA) is 93.7 Å².